The van der Waals surface area contributed by atoms with E-state index in [1.54, 1.807) is 19.2 Å². The van der Waals surface area contributed by atoms with Crippen LogP contribution in [-0.4, -0.2) is 55.9 Å². The molecule has 2 fully saturated rings. The van der Waals surface area contributed by atoms with Crippen molar-refractivity contribution in [1.29, 1.82) is 0 Å². The summed E-state index contributed by atoms with van der Waals surface area (Å²) in [4.78, 5) is 28.7. The van der Waals surface area contributed by atoms with Crippen LogP contribution in [0.4, 0.5) is 37.5 Å². The molecule has 204 valence electrons. The molecular formula is C27H28F2N6O4. The molecule has 12 heteroatoms. The van der Waals surface area contributed by atoms with Crippen LogP contribution >= 0.6 is 0 Å². The molecule has 5 rings (SSSR count). The lowest BCUT2D eigenvalue weighted by Crippen LogP contribution is -2.36. The van der Waals surface area contributed by atoms with Gasteiger partial charge in [-0.25, -0.2) is 23.8 Å². The maximum Gasteiger partial charge on any atom is 0.247 e. The van der Waals surface area contributed by atoms with Gasteiger partial charge in [-0.2, -0.15) is 0 Å². The number of halogens is 2. The molecule has 39 heavy (non-hydrogen) atoms. The first-order valence-electron chi connectivity index (χ1n) is 12.4. The van der Waals surface area contributed by atoms with Gasteiger partial charge in [0, 0.05) is 43.3 Å². The number of benzene rings is 2. The number of nitrogens with zero attached hydrogens (tertiary/aromatic N) is 4. The number of carbonyl (C=O) groups is 1. The van der Waals surface area contributed by atoms with Crippen molar-refractivity contribution in [3.63, 3.8) is 0 Å². The monoisotopic (exact) mass is 538 g/mol. The fourth-order valence-electron chi connectivity index (χ4n) is 4.61. The first-order chi connectivity index (χ1) is 19.0. The first kappa shape index (κ1) is 26.3. The Hall–Kier alpha value is -4.29. The predicted molar refractivity (Wildman–Crippen MR) is 142 cm³/mol. The molecule has 0 radical (unpaired) electrons. The average molecular weight is 539 g/mol. The van der Waals surface area contributed by atoms with Crippen LogP contribution in [0.25, 0.3) is 0 Å². The maximum atomic E-state index is 14.5. The molecule has 3 heterocycles. The lowest BCUT2D eigenvalue weighted by molar-refractivity contribution is -0.111. The van der Waals surface area contributed by atoms with Gasteiger partial charge in [-0.3, -0.25) is 9.63 Å². The van der Waals surface area contributed by atoms with Gasteiger partial charge in [0.1, 0.15) is 29.5 Å². The average Bonchev–Trinajstić information content (AvgIpc) is 3.43. The van der Waals surface area contributed by atoms with Gasteiger partial charge in [0.25, 0.3) is 0 Å². The highest BCUT2D eigenvalue weighted by Gasteiger charge is 2.31. The van der Waals surface area contributed by atoms with Gasteiger partial charge >= 0.3 is 0 Å². The zero-order valence-electron chi connectivity index (χ0n) is 21.3. The number of hydroxylamine groups is 1. The molecule has 1 atom stereocenters. The molecule has 0 saturated carbocycles. The van der Waals surface area contributed by atoms with Crippen molar-refractivity contribution in [1.82, 2.24) is 9.97 Å². The van der Waals surface area contributed by atoms with Crippen LogP contribution < -0.4 is 25.3 Å². The lowest BCUT2D eigenvalue weighted by Gasteiger charge is -2.31. The molecule has 1 aromatic heterocycles. The third kappa shape index (κ3) is 5.76. The number of carbonyl (C=O) groups excluding carboxylic acids is 1. The van der Waals surface area contributed by atoms with Gasteiger partial charge in [-0.1, -0.05) is 12.6 Å². The summed E-state index contributed by atoms with van der Waals surface area (Å²) in [6.45, 7) is 6.36. The van der Waals surface area contributed by atoms with Gasteiger partial charge in [0.05, 0.1) is 50.0 Å². The summed E-state index contributed by atoms with van der Waals surface area (Å²) in [5.41, 5.74) is 2.20. The summed E-state index contributed by atoms with van der Waals surface area (Å²) >= 11 is 0. The summed E-state index contributed by atoms with van der Waals surface area (Å²) in [6.07, 6.45) is 3.05. The smallest absolute Gasteiger partial charge is 0.247 e. The van der Waals surface area contributed by atoms with E-state index < -0.39 is 17.7 Å². The quantitative estimate of drug-likeness (QED) is 0.406. The number of hydrogen-bond donors (Lipinski definition) is 2. The Morgan fingerprint density at radius 3 is 2.69 bits per heavy atom. The van der Waals surface area contributed by atoms with E-state index in [4.69, 9.17) is 14.3 Å². The summed E-state index contributed by atoms with van der Waals surface area (Å²) in [5, 5.41) is 7.58. The van der Waals surface area contributed by atoms with E-state index in [1.807, 2.05) is 6.07 Å². The molecule has 2 saturated heterocycles. The van der Waals surface area contributed by atoms with E-state index in [1.165, 1.54) is 29.6 Å². The van der Waals surface area contributed by atoms with E-state index >= 15 is 0 Å². The Morgan fingerprint density at radius 1 is 1.13 bits per heavy atom. The normalized spacial score (nSPS) is 17.2. The Balaban J connectivity index is 1.45. The van der Waals surface area contributed by atoms with Crippen molar-refractivity contribution >= 4 is 34.6 Å². The topological polar surface area (TPSA) is 101 Å². The molecule has 1 unspecified atom stereocenters. The first-order valence-corrected chi connectivity index (χ1v) is 12.4. The minimum Gasteiger partial charge on any atom is -0.494 e. The third-order valence-electron chi connectivity index (χ3n) is 6.48. The highest BCUT2D eigenvalue weighted by Crippen LogP contribution is 2.40. The fraction of sp³-hybridized carbons (Fsp3) is 0.296. The van der Waals surface area contributed by atoms with E-state index in [-0.39, 0.29) is 5.91 Å². The van der Waals surface area contributed by atoms with Crippen LogP contribution in [-0.2, 0) is 14.4 Å². The third-order valence-corrected chi connectivity index (χ3v) is 6.48. The number of ether oxygens (including phenoxy) is 2. The van der Waals surface area contributed by atoms with E-state index in [2.05, 4.69) is 32.1 Å². The minimum atomic E-state index is -0.651. The van der Waals surface area contributed by atoms with Gasteiger partial charge in [0.15, 0.2) is 5.82 Å². The number of anilines is 5. The number of nitrogens with one attached hydrogen (secondary N) is 2. The van der Waals surface area contributed by atoms with Gasteiger partial charge in [-0.05, 0) is 18.2 Å². The lowest BCUT2D eigenvalue weighted by atomic mass is 10.0. The second-order valence-corrected chi connectivity index (χ2v) is 8.88. The number of amides is 1. The second kappa shape index (κ2) is 11.6. The largest absolute Gasteiger partial charge is 0.494 e. The highest BCUT2D eigenvalue weighted by molar-refractivity contribution is 6.02. The van der Waals surface area contributed by atoms with Crippen molar-refractivity contribution in [2.75, 3.05) is 60.6 Å². The van der Waals surface area contributed by atoms with Crippen molar-refractivity contribution in [3.8, 4) is 5.75 Å². The summed E-state index contributed by atoms with van der Waals surface area (Å²) in [5.74, 6) is -0.322. The van der Waals surface area contributed by atoms with Gasteiger partial charge in [-0.15, -0.1) is 0 Å². The number of aromatic nitrogens is 2. The number of methoxy groups -OCH3 is 1. The van der Waals surface area contributed by atoms with Crippen LogP contribution in [0, 0.1) is 11.6 Å². The molecule has 0 aliphatic carbocycles. The summed E-state index contributed by atoms with van der Waals surface area (Å²) < 4.78 is 39.1. The maximum absolute atomic E-state index is 14.5. The fourth-order valence-corrected chi connectivity index (χ4v) is 4.61. The zero-order chi connectivity index (χ0) is 27.4. The Morgan fingerprint density at radius 2 is 1.95 bits per heavy atom. The zero-order valence-corrected chi connectivity index (χ0v) is 21.3. The molecule has 0 spiro atoms. The minimum absolute atomic E-state index is 0.310. The van der Waals surface area contributed by atoms with E-state index in [0.29, 0.717) is 73.7 Å². The molecule has 2 N–H and O–H groups in total. The van der Waals surface area contributed by atoms with Gasteiger partial charge < -0.3 is 25.0 Å². The molecule has 2 aliphatic heterocycles. The van der Waals surface area contributed by atoms with E-state index in [9.17, 15) is 13.6 Å². The number of hydrogen-bond acceptors (Lipinski definition) is 9. The van der Waals surface area contributed by atoms with Crippen LogP contribution in [0.1, 0.15) is 18.0 Å². The number of rotatable bonds is 8. The highest BCUT2D eigenvalue weighted by atomic mass is 19.1. The molecule has 0 bridgehead atoms. The van der Waals surface area contributed by atoms with Crippen LogP contribution in [0.5, 0.6) is 5.75 Å². The number of morpholine rings is 1. The molecule has 3 aromatic rings. The summed E-state index contributed by atoms with van der Waals surface area (Å²) in [6, 6.07) is 8.25. The molecule has 2 aliphatic rings. The van der Waals surface area contributed by atoms with Crippen LogP contribution in [0.3, 0.4) is 0 Å². The molecule has 2 aromatic carbocycles. The van der Waals surface area contributed by atoms with Gasteiger partial charge in [0.2, 0.25) is 5.91 Å². The molecular weight excluding hydrogens is 510 g/mol. The second-order valence-electron chi connectivity index (χ2n) is 8.88. The van der Waals surface area contributed by atoms with Crippen LogP contribution in [0.15, 0.2) is 55.4 Å². The Labute approximate surface area is 224 Å². The predicted octanol–water partition coefficient (Wildman–Crippen LogP) is 4.35. The molecule has 10 nitrogen and oxygen atoms in total. The van der Waals surface area contributed by atoms with Crippen molar-refractivity contribution in [2.24, 2.45) is 0 Å². The SMILES string of the molecule is C=CC(=O)Nc1cc(Nc2cc(N3OCCC3c3ccc(F)cc3F)ncn2)c(OC)cc1N1CCOCC1. The summed E-state index contributed by atoms with van der Waals surface area (Å²) in [7, 11) is 1.55. The Bertz CT molecular complexity index is 1370. The molecule has 1 amide bonds. The van der Waals surface area contributed by atoms with Crippen LogP contribution in [0.2, 0.25) is 0 Å². The van der Waals surface area contributed by atoms with Crippen molar-refractivity contribution in [3.05, 3.63) is 72.6 Å². The van der Waals surface area contributed by atoms with Crippen molar-refractivity contribution < 1.29 is 27.9 Å². The Kier molecular flexibility index (Phi) is 7.84. The standard InChI is InChI=1S/C27H28F2N6O4/c1-3-27(36)33-20-13-21(24(37-2)14-23(20)34-7-10-38-11-8-34)32-25-15-26(31-16-30-25)35-22(6-9-39-35)18-5-4-17(28)12-19(18)29/h3-5,12-16,22H,1,6-11H2,2H3,(H,33,36)(H,30,31,32). The van der Waals surface area contributed by atoms with E-state index in [0.717, 1.165) is 11.8 Å². The van der Waals surface area contributed by atoms with Crippen molar-refractivity contribution in [2.45, 2.75) is 12.5 Å².